The zero-order valence-corrected chi connectivity index (χ0v) is 12.7. The third-order valence-corrected chi connectivity index (χ3v) is 3.63. The minimum Gasteiger partial charge on any atom is -0.487 e. The average molecular weight is 330 g/mol. The normalized spacial score (nSPS) is 12.4. The maximum atomic E-state index is 5.87. The van der Waals surface area contributed by atoms with Gasteiger partial charge in [0, 0.05) is 16.7 Å². The summed E-state index contributed by atoms with van der Waals surface area (Å²) in [5.74, 6) is 2.63. The van der Waals surface area contributed by atoms with E-state index in [1.54, 1.807) is 24.5 Å². The van der Waals surface area contributed by atoms with Gasteiger partial charge in [-0.05, 0) is 36.4 Å². The molecule has 0 saturated heterocycles. The second-order valence-electron chi connectivity index (χ2n) is 4.95. The lowest BCUT2D eigenvalue weighted by Crippen LogP contribution is -1.95. The Morgan fingerprint density at radius 3 is 2.74 bits per heavy atom. The van der Waals surface area contributed by atoms with Crippen molar-refractivity contribution in [2.75, 3.05) is 6.79 Å². The summed E-state index contributed by atoms with van der Waals surface area (Å²) >= 11 is 5.87. The lowest BCUT2D eigenvalue weighted by atomic mass is 10.2. The van der Waals surface area contributed by atoms with Gasteiger partial charge in [-0.25, -0.2) is 4.98 Å². The first-order valence-corrected chi connectivity index (χ1v) is 7.38. The maximum Gasteiger partial charge on any atom is 0.231 e. The summed E-state index contributed by atoms with van der Waals surface area (Å²) in [5, 5.41) is 0.673. The highest BCUT2D eigenvalue weighted by atomic mass is 35.5. The Hall–Kier alpha value is -2.66. The molecule has 1 aromatic heterocycles. The molecule has 0 aliphatic carbocycles. The molecule has 2 aromatic carbocycles. The first kappa shape index (κ1) is 14.0. The van der Waals surface area contributed by atoms with Crippen molar-refractivity contribution in [3.05, 3.63) is 59.4 Å². The first-order chi connectivity index (χ1) is 11.3. The number of rotatable bonds is 4. The summed E-state index contributed by atoms with van der Waals surface area (Å²) in [7, 11) is 0. The van der Waals surface area contributed by atoms with Crippen LogP contribution in [0.4, 0.5) is 0 Å². The highest BCUT2D eigenvalue weighted by Gasteiger charge is 2.14. The van der Waals surface area contributed by atoms with Gasteiger partial charge in [-0.15, -0.1) is 0 Å². The summed E-state index contributed by atoms with van der Waals surface area (Å²) in [5.41, 5.74) is 1.57. The monoisotopic (exact) mass is 329 g/mol. The van der Waals surface area contributed by atoms with E-state index in [1.165, 1.54) is 0 Å². The Labute approximate surface area is 137 Å². The average Bonchev–Trinajstić information content (AvgIpc) is 3.22. The first-order valence-electron chi connectivity index (χ1n) is 7.01. The fourth-order valence-corrected chi connectivity index (χ4v) is 2.35. The van der Waals surface area contributed by atoms with Crippen molar-refractivity contribution in [1.29, 1.82) is 0 Å². The molecule has 2 heterocycles. The molecule has 116 valence electrons. The molecule has 1 aliphatic rings. The minimum atomic E-state index is 0.243. The van der Waals surface area contributed by atoms with E-state index in [2.05, 4.69) is 4.98 Å². The third-order valence-electron chi connectivity index (χ3n) is 3.37. The van der Waals surface area contributed by atoms with Crippen molar-refractivity contribution < 1.29 is 18.6 Å². The molecule has 0 unspecified atom stereocenters. The van der Waals surface area contributed by atoms with E-state index in [0.29, 0.717) is 34.7 Å². The number of fused-ring (bicyclic) bond motifs is 1. The van der Waals surface area contributed by atoms with Crippen molar-refractivity contribution in [1.82, 2.24) is 4.98 Å². The van der Waals surface area contributed by atoms with Gasteiger partial charge in [-0.1, -0.05) is 11.6 Å². The summed E-state index contributed by atoms with van der Waals surface area (Å²) < 4.78 is 21.8. The molecule has 23 heavy (non-hydrogen) atoms. The van der Waals surface area contributed by atoms with E-state index in [4.69, 9.17) is 30.2 Å². The predicted molar refractivity (Wildman–Crippen MR) is 83.8 cm³/mol. The van der Waals surface area contributed by atoms with Crippen molar-refractivity contribution in [2.24, 2.45) is 0 Å². The van der Waals surface area contributed by atoms with E-state index in [1.807, 2.05) is 24.3 Å². The quantitative estimate of drug-likeness (QED) is 0.714. The molecule has 5 nitrogen and oxygen atoms in total. The van der Waals surface area contributed by atoms with Crippen molar-refractivity contribution in [2.45, 2.75) is 6.61 Å². The Morgan fingerprint density at radius 2 is 1.87 bits per heavy atom. The number of benzene rings is 2. The van der Waals surface area contributed by atoms with Crippen LogP contribution in [-0.4, -0.2) is 11.8 Å². The molecular formula is C17H12ClNO4. The lowest BCUT2D eigenvalue weighted by molar-refractivity contribution is 0.173. The highest BCUT2D eigenvalue weighted by Crippen LogP contribution is 2.35. The van der Waals surface area contributed by atoms with Gasteiger partial charge in [0.15, 0.2) is 11.5 Å². The SMILES string of the molecule is Clc1ccc(-c2nc(COc3ccc4c(c3)OCO4)co2)cc1. The van der Waals surface area contributed by atoms with E-state index >= 15 is 0 Å². The Balaban J connectivity index is 1.44. The van der Waals surface area contributed by atoms with Gasteiger partial charge in [0.05, 0.1) is 0 Å². The fraction of sp³-hybridized carbons (Fsp3) is 0.118. The van der Waals surface area contributed by atoms with Gasteiger partial charge >= 0.3 is 0 Å². The minimum absolute atomic E-state index is 0.243. The summed E-state index contributed by atoms with van der Waals surface area (Å²) in [6, 6.07) is 12.7. The smallest absolute Gasteiger partial charge is 0.231 e. The number of hydrogen-bond donors (Lipinski definition) is 0. The fourth-order valence-electron chi connectivity index (χ4n) is 2.22. The van der Waals surface area contributed by atoms with Gasteiger partial charge in [0.1, 0.15) is 24.3 Å². The number of nitrogens with zero attached hydrogens (tertiary/aromatic N) is 1. The number of halogens is 1. The largest absolute Gasteiger partial charge is 0.487 e. The highest BCUT2D eigenvalue weighted by molar-refractivity contribution is 6.30. The molecule has 6 heteroatoms. The van der Waals surface area contributed by atoms with Crippen LogP contribution >= 0.6 is 11.6 Å². The Morgan fingerprint density at radius 1 is 1.04 bits per heavy atom. The van der Waals surface area contributed by atoms with Gasteiger partial charge in [0.2, 0.25) is 12.7 Å². The Kier molecular flexibility index (Phi) is 3.55. The zero-order chi connectivity index (χ0) is 15.6. The number of hydrogen-bond acceptors (Lipinski definition) is 5. The molecular weight excluding hydrogens is 318 g/mol. The summed E-state index contributed by atoms with van der Waals surface area (Å²) in [6.45, 7) is 0.545. The van der Waals surface area contributed by atoms with Crippen LogP contribution in [0.1, 0.15) is 5.69 Å². The van der Waals surface area contributed by atoms with Gasteiger partial charge in [-0.3, -0.25) is 0 Å². The molecule has 0 fully saturated rings. The summed E-state index contributed by atoms with van der Waals surface area (Å²) in [4.78, 5) is 4.41. The van der Waals surface area contributed by atoms with Crippen LogP contribution in [0.5, 0.6) is 17.2 Å². The van der Waals surface area contributed by atoms with E-state index in [9.17, 15) is 0 Å². The Bertz CT molecular complexity index is 829. The van der Waals surface area contributed by atoms with E-state index in [-0.39, 0.29) is 6.79 Å². The predicted octanol–water partition coefficient (Wildman–Crippen LogP) is 4.30. The molecule has 0 amide bonds. The summed E-state index contributed by atoms with van der Waals surface area (Å²) in [6.07, 6.45) is 1.58. The van der Waals surface area contributed by atoms with E-state index < -0.39 is 0 Å². The van der Waals surface area contributed by atoms with Crippen LogP contribution in [0.3, 0.4) is 0 Å². The molecule has 0 N–H and O–H groups in total. The topological polar surface area (TPSA) is 53.7 Å². The van der Waals surface area contributed by atoms with Crippen molar-refractivity contribution in [3.8, 4) is 28.7 Å². The van der Waals surface area contributed by atoms with Gasteiger partial charge in [-0.2, -0.15) is 0 Å². The second-order valence-corrected chi connectivity index (χ2v) is 5.39. The third kappa shape index (κ3) is 2.96. The standard InChI is InChI=1S/C17H12ClNO4/c18-12-3-1-11(2-4-12)17-19-13(9-21-17)8-20-14-5-6-15-16(7-14)23-10-22-15/h1-7,9H,8,10H2. The van der Waals surface area contributed by atoms with Crippen LogP contribution in [0, 0.1) is 0 Å². The van der Waals surface area contributed by atoms with Gasteiger partial charge in [0.25, 0.3) is 0 Å². The van der Waals surface area contributed by atoms with Crippen molar-refractivity contribution in [3.63, 3.8) is 0 Å². The molecule has 0 spiro atoms. The van der Waals surface area contributed by atoms with Crippen LogP contribution in [0.25, 0.3) is 11.5 Å². The van der Waals surface area contributed by atoms with Gasteiger partial charge < -0.3 is 18.6 Å². The second kappa shape index (κ2) is 5.85. The number of ether oxygens (including phenoxy) is 3. The van der Waals surface area contributed by atoms with Crippen LogP contribution in [-0.2, 0) is 6.61 Å². The molecule has 0 saturated carbocycles. The lowest BCUT2D eigenvalue weighted by Gasteiger charge is -2.04. The molecule has 0 atom stereocenters. The number of oxazole rings is 1. The zero-order valence-electron chi connectivity index (χ0n) is 12.0. The number of aromatic nitrogens is 1. The maximum absolute atomic E-state index is 5.87. The van der Waals surface area contributed by atoms with Crippen LogP contribution in [0.15, 0.2) is 53.1 Å². The molecule has 4 rings (SSSR count). The van der Waals surface area contributed by atoms with Crippen molar-refractivity contribution >= 4 is 11.6 Å². The molecule has 0 radical (unpaired) electrons. The van der Waals surface area contributed by atoms with Crippen LogP contribution < -0.4 is 14.2 Å². The molecule has 0 bridgehead atoms. The molecule has 3 aromatic rings. The van der Waals surface area contributed by atoms with Crippen LogP contribution in [0.2, 0.25) is 5.02 Å². The van der Waals surface area contributed by atoms with E-state index in [0.717, 1.165) is 11.3 Å². The molecule has 1 aliphatic heterocycles.